The average Bonchev–Trinajstić information content (AvgIpc) is 3.29. The Labute approximate surface area is 166 Å². The van der Waals surface area contributed by atoms with E-state index < -0.39 is 5.82 Å². The molecular formula is C20H21FN8. The van der Waals surface area contributed by atoms with Gasteiger partial charge in [0.2, 0.25) is 5.95 Å². The Bertz CT molecular complexity index is 1160. The number of aromatic amines is 2. The van der Waals surface area contributed by atoms with Gasteiger partial charge in [0, 0.05) is 30.9 Å². The first-order valence-electron chi connectivity index (χ1n) is 9.60. The van der Waals surface area contributed by atoms with Crippen LogP contribution in [0.4, 0.5) is 22.0 Å². The first-order valence-corrected chi connectivity index (χ1v) is 9.60. The van der Waals surface area contributed by atoms with Crippen LogP contribution in [0.25, 0.3) is 11.0 Å². The maximum atomic E-state index is 14.3. The third-order valence-electron chi connectivity index (χ3n) is 5.34. The molecule has 1 fully saturated rings. The van der Waals surface area contributed by atoms with Crippen molar-refractivity contribution >= 4 is 28.6 Å². The minimum Gasteiger partial charge on any atom is -0.360 e. The third kappa shape index (κ3) is 3.39. The van der Waals surface area contributed by atoms with Crippen LogP contribution in [0.15, 0.2) is 36.7 Å². The quantitative estimate of drug-likeness (QED) is 0.458. The van der Waals surface area contributed by atoms with E-state index in [0.29, 0.717) is 17.7 Å². The van der Waals surface area contributed by atoms with E-state index in [4.69, 9.17) is 0 Å². The van der Waals surface area contributed by atoms with Crippen LogP contribution in [-0.4, -0.2) is 37.2 Å². The first-order chi connectivity index (χ1) is 14.1. The molecule has 1 aliphatic carbocycles. The second-order valence-electron chi connectivity index (χ2n) is 7.41. The molecule has 0 amide bonds. The summed E-state index contributed by atoms with van der Waals surface area (Å²) in [5.74, 6) is 1.05. The summed E-state index contributed by atoms with van der Waals surface area (Å²) in [5.41, 5.74) is 3.83. The van der Waals surface area contributed by atoms with E-state index in [9.17, 15) is 4.39 Å². The SMILES string of the molecule is C[C@@H](c1ccc2[nH]ccc2n1)N(C)c1ncc(F)c(Nc2cc(C3CC3)[nH]n2)n1. The van der Waals surface area contributed by atoms with Crippen LogP contribution in [0.2, 0.25) is 0 Å². The Morgan fingerprint density at radius 2 is 2.10 bits per heavy atom. The zero-order valence-electron chi connectivity index (χ0n) is 16.1. The number of H-pyrrole nitrogens is 2. The van der Waals surface area contributed by atoms with Gasteiger partial charge in [-0.3, -0.25) is 5.10 Å². The minimum atomic E-state index is -0.530. The van der Waals surface area contributed by atoms with Crippen LogP contribution in [0.3, 0.4) is 0 Å². The maximum absolute atomic E-state index is 14.3. The van der Waals surface area contributed by atoms with Crippen LogP contribution in [-0.2, 0) is 0 Å². The van der Waals surface area contributed by atoms with Gasteiger partial charge in [-0.15, -0.1) is 0 Å². The second-order valence-corrected chi connectivity index (χ2v) is 7.41. The lowest BCUT2D eigenvalue weighted by Crippen LogP contribution is -2.25. The highest BCUT2D eigenvalue weighted by Crippen LogP contribution is 2.39. The molecule has 4 aromatic heterocycles. The summed E-state index contributed by atoms with van der Waals surface area (Å²) in [7, 11) is 1.87. The molecule has 8 nitrogen and oxygen atoms in total. The van der Waals surface area contributed by atoms with Gasteiger partial charge in [-0.1, -0.05) is 0 Å². The summed E-state index contributed by atoms with van der Waals surface area (Å²) in [6.07, 6.45) is 5.36. The van der Waals surface area contributed by atoms with Gasteiger partial charge >= 0.3 is 0 Å². The zero-order chi connectivity index (χ0) is 20.0. The number of pyridine rings is 1. The molecule has 3 N–H and O–H groups in total. The van der Waals surface area contributed by atoms with E-state index in [-0.39, 0.29) is 11.9 Å². The lowest BCUT2D eigenvalue weighted by molar-refractivity contribution is 0.613. The van der Waals surface area contributed by atoms with Crippen LogP contribution < -0.4 is 10.2 Å². The fourth-order valence-electron chi connectivity index (χ4n) is 3.30. The van der Waals surface area contributed by atoms with Gasteiger partial charge < -0.3 is 15.2 Å². The average molecular weight is 392 g/mol. The summed E-state index contributed by atoms with van der Waals surface area (Å²) in [5, 5.41) is 10.2. The van der Waals surface area contributed by atoms with Gasteiger partial charge in [-0.2, -0.15) is 10.1 Å². The normalized spacial score (nSPS) is 14.9. The fraction of sp³-hybridized carbons (Fsp3) is 0.300. The van der Waals surface area contributed by atoms with Crippen molar-refractivity contribution in [3.8, 4) is 0 Å². The molecule has 0 saturated heterocycles. The van der Waals surface area contributed by atoms with Crippen molar-refractivity contribution in [3.05, 3.63) is 53.9 Å². The summed E-state index contributed by atoms with van der Waals surface area (Å²) in [6, 6.07) is 7.70. The van der Waals surface area contributed by atoms with Crippen molar-refractivity contribution in [2.24, 2.45) is 0 Å². The van der Waals surface area contributed by atoms with Crippen molar-refractivity contribution in [3.63, 3.8) is 0 Å². The number of aromatic nitrogens is 6. The lowest BCUT2D eigenvalue weighted by atomic mass is 10.2. The largest absolute Gasteiger partial charge is 0.360 e. The number of nitrogens with one attached hydrogen (secondary N) is 3. The predicted octanol–water partition coefficient (Wildman–Crippen LogP) is 4.03. The fourth-order valence-corrected chi connectivity index (χ4v) is 3.30. The first kappa shape index (κ1) is 17.6. The van der Waals surface area contributed by atoms with Crippen LogP contribution >= 0.6 is 0 Å². The summed E-state index contributed by atoms with van der Waals surface area (Å²) in [4.78, 5) is 18.2. The highest BCUT2D eigenvalue weighted by molar-refractivity contribution is 5.74. The number of nitrogens with zero attached hydrogens (tertiary/aromatic N) is 5. The van der Waals surface area contributed by atoms with Crippen molar-refractivity contribution in [1.82, 2.24) is 30.1 Å². The van der Waals surface area contributed by atoms with Crippen LogP contribution in [0, 0.1) is 5.82 Å². The van der Waals surface area contributed by atoms with E-state index in [1.807, 2.05) is 49.3 Å². The van der Waals surface area contributed by atoms with Crippen LogP contribution in [0.1, 0.15) is 43.1 Å². The smallest absolute Gasteiger partial charge is 0.227 e. The highest BCUT2D eigenvalue weighted by atomic mass is 19.1. The highest BCUT2D eigenvalue weighted by Gasteiger charge is 2.26. The molecule has 0 bridgehead atoms. The van der Waals surface area contributed by atoms with E-state index in [0.717, 1.165) is 22.4 Å². The molecule has 1 saturated carbocycles. The van der Waals surface area contributed by atoms with Gasteiger partial charge in [0.05, 0.1) is 29.0 Å². The van der Waals surface area contributed by atoms with E-state index in [1.165, 1.54) is 19.0 Å². The Balaban J connectivity index is 1.38. The Morgan fingerprint density at radius 1 is 1.24 bits per heavy atom. The molecule has 29 heavy (non-hydrogen) atoms. The van der Waals surface area contributed by atoms with Crippen molar-refractivity contribution < 1.29 is 4.39 Å². The van der Waals surface area contributed by atoms with Gasteiger partial charge in [0.1, 0.15) is 0 Å². The van der Waals surface area contributed by atoms with Crippen molar-refractivity contribution in [1.29, 1.82) is 0 Å². The summed E-state index contributed by atoms with van der Waals surface area (Å²) >= 11 is 0. The minimum absolute atomic E-state index is 0.0944. The summed E-state index contributed by atoms with van der Waals surface area (Å²) in [6.45, 7) is 2.01. The Morgan fingerprint density at radius 3 is 2.93 bits per heavy atom. The van der Waals surface area contributed by atoms with Crippen LogP contribution in [0.5, 0.6) is 0 Å². The Hall–Kier alpha value is -3.49. The van der Waals surface area contributed by atoms with Crippen molar-refractivity contribution in [2.45, 2.75) is 31.7 Å². The molecule has 0 unspecified atom stereocenters. The predicted molar refractivity (Wildman–Crippen MR) is 109 cm³/mol. The molecule has 1 aliphatic rings. The molecule has 0 aromatic carbocycles. The maximum Gasteiger partial charge on any atom is 0.227 e. The molecule has 5 rings (SSSR count). The van der Waals surface area contributed by atoms with Gasteiger partial charge in [0.15, 0.2) is 17.5 Å². The molecular weight excluding hydrogens is 371 g/mol. The standard InChI is InChI=1S/C20H21FN8/c1-11(14-5-6-15-16(24-14)7-8-22-15)29(2)20-23-10-13(21)19(26-20)25-18-9-17(27-28-18)12-3-4-12/h5-12,22H,3-4H2,1-2H3,(H2,23,25,26,27,28)/t11-/m0/s1. The molecule has 4 heterocycles. The van der Waals surface area contributed by atoms with Gasteiger partial charge in [-0.05, 0) is 38.0 Å². The molecule has 0 radical (unpaired) electrons. The monoisotopic (exact) mass is 392 g/mol. The second kappa shape index (κ2) is 6.84. The topological polar surface area (TPSA) is 98.4 Å². The summed E-state index contributed by atoms with van der Waals surface area (Å²) < 4.78 is 14.3. The molecule has 148 valence electrons. The molecule has 9 heteroatoms. The number of hydrogen-bond acceptors (Lipinski definition) is 6. The molecule has 1 atom stereocenters. The number of halogens is 1. The van der Waals surface area contributed by atoms with Gasteiger partial charge in [-0.25, -0.2) is 14.4 Å². The van der Waals surface area contributed by atoms with Gasteiger partial charge in [0.25, 0.3) is 0 Å². The number of anilines is 3. The Kier molecular flexibility index (Phi) is 4.15. The third-order valence-corrected chi connectivity index (χ3v) is 5.34. The number of hydrogen-bond donors (Lipinski definition) is 3. The molecule has 0 aliphatic heterocycles. The number of fused-ring (bicyclic) bond motifs is 1. The van der Waals surface area contributed by atoms with E-state index >= 15 is 0 Å². The zero-order valence-corrected chi connectivity index (χ0v) is 16.1. The lowest BCUT2D eigenvalue weighted by Gasteiger charge is -2.24. The number of rotatable bonds is 6. The van der Waals surface area contributed by atoms with E-state index in [2.05, 4.69) is 35.5 Å². The molecule has 4 aromatic rings. The molecule has 0 spiro atoms. The van der Waals surface area contributed by atoms with Crippen molar-refractivity contribution in [2.75, 3.05) is 17.3 Å². The van der Waals surface area contributed by atoms with E-state index in [1.54, 1.807) is 0 Å².